The molecule has 1 heterocycles. The summed E-state index contributed by atoms with van der Waals surface area (Å²) >= 11 is 1.33. The van der Waals surface area contributed by atoms with Crippen LogP contribution < -0.4 is 10.6 Å². The molecular weight excluding hydrogens is 422 g/mol. The highest BCUT2D eigenvalue weighted by Crippen LogP contribution is 2.25. The van der Waals surface area contributed by atoms with E-state index in [1.54, 1.807) is 6.07 Å². The first-order valence-electron chi connectivity index (χ1n) is 10.7. The van der Waals surface area contributed by atoms with Crippen LogP contribution in [-0.4, -0.2) is 32.3 Å². The smallest absolute Gasteiger partial charge is 0.251 e. The van der Waals surface area contributed by atoms with Gasteiger partial charge in [-0.2, -0.15) is 0 Å². The summed E-state index contributed by atoms with van der Waals surface area (Å²) < 4.78 is 1.96. The van der Waals surface area contributed by atoms with Crippen molar-refractivity contribution in [2.75, 3.05) is 11.1 Å². The largest absolute Gasteiger partial charge is 0.342 e. The third-order valence-corrected chi connectivity index (χ3v) is 5.93. The van der Waals surface area contributed by atoms with E-state index in [2.05, 4.69) is 20.8 Å². The van der Waals surface area contributed by atoms with E-state index in [0.717, 1.165) is 11.3 Å². The number of carbonyl (C=O) groups excluding carboxylic acids is 2. The molecule has 0 unspecified atom stereocenters. The third kappa shape index (κ3) is 5.97. The molecule has 1 atom stereocenters. The highest BCUT2D eigenvalue weighted by Gasteiger charge is 2.26. The van der Waals surface area contributed by atoms with E-state index < -0.39 is 0 Å². The van der Waals surface area contributed by atoms with Crippen LogP contribution in [0, 0.1) is 12.8 Å². The number of aromatic nitrogens is 3. The Morgan fingerprint density at radius 1 is 1.06 bits per heavy atom. The van der Waals surface area contributed by atoms with Gasteiger partial charge < -0.3 is 15.2 Å². The fourth-order valence-electron chi connectivity index (χ4n) is 3.32. The number of hydrogen-bond acceptors (Lipinski definition) is 5. The van der Waals surface area contributed by atoms with Gasteiger partial charge in [0.2, 0.25) is 5.91 Å². The lowest BCUT2D eigenvalue weighted by Gasteiger charge is -2.22. The number of nitrogens with zero attached hydrogens (tertiary/aromatic N) is 3. The monoisotopic (exact) mass is 451 g/mol. The maximum Gasteiger partial charge on any atom is 0.251 e. The quantitative estimate of drug-likeness (QED) is 0.469. The molecule has 0 fully saturated rings. The molecule has 2 N–H and O–H groups in total. The van der Waals surface area contributed by atoms with Gasteiger partial charge in [0.25, 0.3) is 5.91 Å². The van der Waals surface area contributed by atoms with E-state index in [4.69, 9.17) is 0 Å². The van der Waals surface area contributed by atoms with E-state index in [1.165, 1.54) is 11.8 Å². The number of hydrogen-bond donors (Lipinski definition) is 2. The van der Waals surface area contributed by atoms with E-state index in [0.29, 0.717) is 23.1 Å². The first kappa shape index (κ1) is 23.5. The Morgan fingerprint density at radius 3 is 2.47 bits per heavy atom. The predicted molar refractivity (Wildman–Crippen MR) is 128 cm³/mol. The van der Waals surface area contributed by atoms with Crippen molar-refractivity contribution >= 4 is 29.3 Å². The lowest BCUT2D eigenvalue weighted by Crippen LogP contribution is -2.33. The third-order valence-electron chi connectivity index (χ3n) is 4.96. The molecule has 0 radical (unpaired) electrons. The van der Waals surface area contributed by atoms with E-state index in [1.807, 2.05) is 80.8 Å². The lowest BCUT2D eigenvalue weighted by atomic mass is 10.0. The Labute approximate surface area is 193 Å². The Hall–Kier alpha value is -3.13. The number of nitrogens with one attached hydrogen (secondary N) is 2. The van der Waals surface area contributed by atoms with Crippen LogP contribution in [0.25, 0.3) is 0 Å². The van der Waals surface area contributed by atoms with Crippen LogP contribution in [0.2, 0.25) is 0 Å². The fraction of sp³-hybridized carbons (Fsp3) is 0.333. The summed E-state index contributed by atoms with van der Waals surface area (Å²) in [4.78, 5) is 25.2. The second kappa shape index (κ2) is 10.9. The number of carbonyl (C=O) groups is 2. The summed E-state index contributed by atoms with van der Waals surface area (Å²) in [6.45, 7) is 8.67. The molecule has 2 aromatic carbocycles. The van der Waals surface area contributed by atoms with Gasteiger partial charge in [0.1, 0.15) is 0 Å². The molecule has 32 heavy (non-hydrogen) atoms. The Kier molecular flexibility index (Phi) is 8.05. The first-order valence-corrected chi connectivity index (χ1v) is 11.7. The van der Waals surface area contributed by atoms with Crippen LogP contribution in [0.3, 0.4) is 0 Å². The van der Waals surface area contributed by atoms with Gasteiger partial charge in [-0.3, -0.25) is 9.59 Å². The van der Waals surface area contributed by atoms with Gasteiger partial charge in [-0.25, -0.2) is 0 Å². The predicted octanol–water partition coefficient (Wildman–Crippen LogP) is 4.46. The number of benzene rings is 2. The molecule has 2 amide bonds. The average molecular weight is 452 g/mol. The fourth-order valence-corrected chi connectivity index (χ4v) is 4.13. The molecule has 0 bridgehead atoms. The molecule has 3 rings (SSSR count). The Morgan fingerprint density at radius 2 is 1.81 bits per heavy atom. The van der Waals surface area contributed by atoms with Crippen molar-refractivity contribution in [1.29, 1.82) is 0 Å². The van der Waals surface area contributed by atoms with Gasteiger partial charge in [-0.05, 0) is 44.0 Å². The minimum absolute atomic E-state index is 0.109. The highest BCUT2D eigenvalue weighted by molar-refractivity contribution is 7.99. The summed E-state index contributed by atoms with van der Waals surface area (Å²) in [6, 6.07) is 16.5. The molecule has 7 nitrogen and oxygen atoms in total. The maximum atomic E-state index is 12.9. The summed E-state index contributed by atoms with van der Waals surface area (Å²) in [5.41, 5.74) is 2.41. The molecule has 8 heteroatoms. The molecule has 0 aliphatic heterocycles. The van der Waals surface area contributed by atoms with Crippen molar-refractivity contribution in [2.45, 2.75) is 45.4 Å². The minimum Gasteiger partial charge on any atom is -0.342 e. The lowest BCUT2D eigenvalue weighted by molar-refractivity contribution is -0.113. The summed E-state index contributed by atoms with van der Waals surface area (Å²) in [5, 5.41) is 15.3. The van der Waals surface area contributed by atoms with Gasteiger partial charge >= 0.3 is 0 Å². The average Bonchev–Trinajstić information content (AvgIpc) is 3.18. The molecule has 1 aromatic heterocycles. The minimum atomic E-state index is -0.303. The molecule has 0 spiro atoms. The van der Waals surface area contributed by atoms with Gasteiger partial charge in [-0.1, -0.05) is 61.5 Å². The van der Waals surface area contributed by atoms with Gasteiger partial charge in [0, 0.05) is 17.8 Å². The Balaban J connectivity index is 1.72. The van der Waals surface area contributed by atoms with Gasteiger partial charge in [0.05, 0.1) is 11.8 Å². The van der Waals surface area contributed by atoms with Crippen molar-refractivity contribution < 1.29 is 9.59 Å². The molecular formula is C24H29N5O2S. The van der Waals surface area contributed by atoms with Crippen molar-refractivity contribution in [2.24, 2.45) is 5.92 Å². The van der Waals surface area contributed by atoms with Crippen LogP contribution in [0.5, 0.6) is 0 Å². The number of amides is 2. The SMILES string of the molecule is CCn1c(SCC(=O)Nc2ccccc2)nnc1[C@H](NC(=O)c1cccc(C)c1)C(C)C. The standard InChI is InChI=1S/C24H29N5O2S/c1-5-29-22(21(16(2)3)26-23(31)18-11-9-10-17(4)14-18)27-28-24(29)32-15-20(30)25-19-12-7-6-8-13-19/h6-14,16,21H,5,15H2,1-4H3,(H,25,30)(H,26,31)/t21-/m1/s1. The van der Waals surface area contributed by atoms with Crippen molar-refractivity contribution in [1.82, 2.24) is 20.1 Å². The van der Waals surface area contributed by atoms with Crippen molar-refractivity contribution in [3.8, 4) is 0 Å². The zero-order valence-electron chi connectivity index (χ0n) is 18.8. The zero-order chi connectivity index (χ0) is 23.1. The zero-order valence-corrected chi connectivity index (χ0v) is 19.6. The first-order chi connectivity index (χ1) is 15.4. The van der Waals surface area contributed by atoms with Gasteiger partial charge in [-0.15, -0.1) is 10.2 Å². The van der Waals surface area contributed by atoms with E-state index >= 15 is 0 Å². The number of rotatable bonds is 9. The van der Waals surface area contributed by atoms with Gasteiger partial charge in [0.15, 0.2) is 11.0 Å². The molecule has 168 valence electrons. The van der Waals surface area contributed by atoms with Crippen LogP contribution >= 0.6 is 11.8 Å². The second-order valence-electron chi connectivity index (χ2n) is 7.85. The molecule has 0 aliphatic rings. The van der Waals surface area contributed by atoms with Crippen molar-refractivity contribution in [3.63, 3.8) is 0 Å². The summed E-state index contributed by atoms with van der Waals surface area (Å²) in [5.74, 6) is 0.762. The normalized spacial score (nSPS) is 11.9. The maximum absolute atomic E-state index is 12.9. The van der Waals surface area contributed by atoms with Crippen LogP contribution in [0.15, 0.2) is 59.8 Å². The molecule has 0 saturated heterocycles. The molecule has 3 aromatic rings. The highest BCUT2D eigenvalue weighted by atomic mass is 32.2. The van der Waals surface area contributed by atoms with Crippen molar-refractivity contribution in [3.05, 3.63) is 71.5 Å². The number of para-hydroxylation sites is 1. The van der Waals surface area contributed by atoms with E-state index in [-0.39, 0.29) is 29.5 Å². The number of aryl methyl sites for hydroxylation is 1. The van der Waals surface area contributed by atoms with Crippen LogP contribution in [-0.2, 0) is 11.3 Å². The van der Waals surface area contributed by atoms with Crippen LogP contribution in [0.1, 0.15) is 48.6 Å². The molecule has 0 saturated carbocycles. The molecule has 0 aliphatic carbocycles. The summed E-state index contributed by atoms with van der Waals surface area (Å²) in [7, 11) is 0. The topological polar surface area (TPSA) is 88.9 Å². The Bertz CT molecular complexity index is 1070. The second-order valence-corrected chi connectivity index (χ2v) is 8.80. The number of anilines is 1. The van der Waals surface area contributed by atoms with Crippen LogP contribution in [0.4, 0.5) is 5.69 Å². The number of thioether (sulfide) groups is 1. The summed E-state index contributed by atoms with van der Waals surface area (Å²) in [6.07, 6.45) is 0. The van der Waals surface area contributed by atoms with E-state index in [9.17, 15) is 9.59 Å².